The van der Waals surface area contributed by atoms with Crippen LogP contribution in [0.25, 0.3) is 10.6 Å². The Bertz CT molecular complexity index is 883. The van der Waals surface area contributed by atoms with Gasteiger partial charge in [-0.15, -0.1) is 11.3 Å². The predicted molar refractivity (Wildman–Crippen MR) is 112 cm³/mol. The molecule has 1 N–H and O–H groups in total. The van der Waals surface area contributed by atoms with Gasteiger partial charge in [0.05, 0.1) is 31.9 Å². The number of nitrogens with zero attached hydrogens (tertiary/aromatic N) is 2. The monoisotopic (exact) mass is 416 g/mol. The Balaban J connectivity index is 1.42. The van der Waals surface area contributed by atoms with Crippen molar-refractivity contribution in [3.63, 3.8) is 0 Å². The lowest BCUT2D eigenvalue weighted by atomic mass is 9.71. The molecular weight excluding hydrogens is 388 g/mol. The maximum atomic E-state index is 12.8. The highest BCUT2D eigenvalue weighted by atomic mass is 32.1. The molecule has 29 heavy (non-hydrogen) atoms. The molecule has 1 aliphatic heterocycles. The summed E-state index contributed by atoms with van der Waals surface area (Å²) >= 11 is 1.52. The number of hydrogen-bond donors (Lipinski definition) is 1. The van der Waals surface area contributed by atoms with Gasteiger partial charge in [-0.05, 0) is 37.5 Å². The van der Waals surface area contributed by atoms with Crippen LogP contribution in [-0.2, 0) is 11.2 Å². The van der Waals surface area contributed by atoms with E-state index in [1.165, 1.54) is 11.3 Å². The van der Waals surface area contributed by atoms with Crippen LogP contribution in [0.2, 0.25) is 0 Å². The Morgan fingerprint density at radius 2 is 2.10 bits per heavy atom. The first-order chi connectivity index (χ1) is 14.0. The van der Waals surface area contributed by atoms with E-state index in [4.69, 9.17) is 9.47 Å². The van der Waals surface area contributed by atoms with Gasteiger partial charge in [-0.1, -0.05) is 12.8 Å². The third kappa shape index (κ3) is 4.12. The largest absolute Gasteiger partial charge is 0.493 e. The summed E-state index contributed by atoms with van der Waals surface area (Å²) in [6, 6.07) is 5.71. The van der Waals surface area contributed by atoms with E-state index in [1.54, 1.807) is 14.2 Å². The first-order valence-corrected chi connectivity index (χ1v) is 11.1. The topological polar surface area (TPSA) is 71.9 Å². The molecule has 1 saturated heterocycles. The minimum Gasteiger partial charge on any atom is -0.493 e. The quantitative estimate of drug-likeness (QED) is 0.807. The van der Waals surface area contributed by atoms with Gasteiger partial charge < -0.3 is 19.5 Å². The second-order valence-electron chi connectivity index (χ2n) is 8.03. The molecule has 2 aromatic rings. The molecule has 1 aromatic carbocycles. The van der Waals surface area contributed by atoms with Gasteiger partial charge in [0.15, 0.2) is 11.5 Å². The highest BCUT2D eigenvalue weighted by molar-refractivity contribution is 7.13. The van der Waals surface area contributed by atoms with Crippen LogP contribution < -0.4 is 9.47 Å². The van der Waals surface area contributed by atoms with Crippen molar-refractivity contribution in [1.82, 2.24) is 9.88 Å². The maximum Gasteiger partial charge on any atom is 0.228 e. The van der Waals surface area contributed by atoms with E-state index in [-0.39, 0.29) is 11.8 Å². The summed E-state index contributed by atoms with van der Waals surface area (Å²) in [4.78, 5) is 19.4. The lowest BCUT2D eigenvalue weighted by molar-refractivity contribution is -0.142. The summed E-state index contributed by atoms with van der Waals surface area (Å²) in [7, 11) is 3.22. The molecule has 0 radical (unpaired) electrons. The summed E-state index contributed by atoms with van der Waals surface area (Å²) in [6.45, 7) is 1.31. The lowest BCUT2D eigenvalue weighted by Gasteiger charge is -2.47. The average Bonchev–Trinajstić information content (AvgIpc) is 3.20. The third-order valence-electron chi connectivity index (χ3n) is 6.29. The van der Waals surface area contributed by atoms with E-state index >= 15 is 0 Å². The number of fused-ring (bicyclic) bond motifs is 1. The standard InChI is InChI=1S/C22H28N2O4S/c1-27-18-7-6-15(11-19(18)28-2)21-23-17(14-29-21)12-20(25)24-10-9-22(26)8-4-3-5-16(22)13-24/h6-7,11,14,16,26H,3-5,8-10,12-13H2,1-2H3. The van der Waals surface area contributed by atoms with Crippen molar-refractivity contribution in [2.75, 3.05) is 27.3 Å². The number of thiazole rings is 1. The van der Waals surface area contributed by atoms with Crippen molar-refractivity contribution in [3.8, 4) is 22.1 Å². The van der Waals surface area contributed by atoms with E-state index in [0.717, 1.165) is 41.9 Å². The zero-order valence-electron chi connectivity index (χ0n) is 17.0. The Kier molecular flexibility index (Phi) is 5.79. The van der Waals surface area contributed by atoms with Crippen molar-refractivity contribution in [1.29, 1.82) is 0 Å². The van der Waals surface area contributed by atoms with Crippen molar-refractivity contribution in [2.45, 2.75) is 44.1 Å². The van der Waals surface area contributed by atoms with Crippen LogP contribution in [0.3, 0.4) is 0 Å². The number of ether oxygens (including phenoxy) is 2. The highest BCUT2D eigenvalue weighted by Crippen LogP contribution is 2.40. The molecule has 2 aliphatic rings. The Morgan fingerprint density at radius 3 is 2.90 bits per heavy atom. The van der Waals surface area contributed by atoms with Crippen LogP contribution in [0.5, 0.6) is 11.5 Å². The Labute approximate surface area is 175 Å². The molecule has 2 atom stereocenters. The van der Waals surface area contributed by atoms with Gasteiger partial charge in [-0.3, -0.25) is 4.79 Å². The molecule has 7 heteroatoms. The van der Waals surface area contributed by atoms with Gasteiger partial charge >= 0.3 is 0 Å². The average molecular weight is 417 g/mol. The number of hydrogen-bond acceptors (Lipinski definition) is 6. The van der Waals surface area contributed by atoms with E-state index in [2.05, 4.69) is 4.98 Å². The maximum absolute atomic E-state index is 12.8. The molecule has 2 heterocycles. The minimum absolute atomic E-state index is 0.0989. The molecule has 0 bridgehead atoms. The normalized spacial score (nSPS) is 24.1. The van der Waals surface area contributed by atoms with Gasteiger partial charge in [-0.25, -0.2) is 4.98 Å². The number of carbonyl (C=O) groups is 1. The molecule has 1 aliphatic carbocycles. The fourth-order valence-corrected chi connectivity index (χ4v) is 5.37. The van der Waals surface area contributed by atoms with Crippen LogP contribution in [0, 0.1) is 5.92 Å². The van der Waals surface area contributed by atoms with Gasteiger partial charge in [-0.2, -0.15) is 0 Å². The van der Waals surface area contributed by atoms with Gasteiger partial charge in [0.1, 0.15) is 5.01 Å². The van der Waals surface area contributed by atoms with Crippen LogP contribution >= 0.6 is 11.3 Å². The van der Waals surface area contributed by atoms with Crippen molar-refractivity contribution in [2.24, 2.45) is 5.92 Å². The SMILES string of the molecule is COc1ccc(-c2nc(CC(=O)N3CCC4(O)CCCCC4C3)cs2)cc1OC. The summed E-state index contributed by atoms with van der Waals surface area (Å²) in [5.41, 5.74) is 1.17. The van der Waals surface area contributed by atoms with Crippen LogP contribution in [0.4, 0.5) is 0 Å². The molecule has 0 spiro atoms. The van der Waals surface area contributed by atoms with Gasteiger partial charge in [0, 0.05) is 30.0 Å². The molecule has 1 amide bonds. The molecule has 4 rings (SSSR count). The summed E-state index contributed by atoms with van der Waals surface area (Å²) in [5.74, 6) is 1.65. The molecule has 2 unspecified atom stereocenters. The minimum atomic E-state index is -0.559. The summed E-state index contributed by atoms with van der Waals surface area (Å²) < 4.78 is 10.7. The van der Waals surface area contributed by atoms with Crippen LogP contribution in [0.15, 0.2) is 23.6 Å². The number of carbonyl (C=O) groups excluding carboxylic acids is 1. The molecule has 1 saturated carbocycles. The van der Waals surface area contributed by atoms with Crippen molar-refractivity contribution >= 4 is 17.2 Å². The molecule has 6 nitrogen and oxygen atoms in total. The van der Waals surface area contributed by atoms with E-state index in [0.29, 0.717) is 37.4 Å². The van der Waals surface area contributed by atoms with E-state index in [1.807, 2.05) is 28.5 Å². The van der Waals surface area contributed by atoms with Crippen molar-refractivity contribution in [3.05, 3.63) is 29.3 Å². The molecular formula is C22H28N2O4S. The fraction of sp³-hybridized carbons (Fsp3) is 0.545. The highest BCUT2D eigenvalue weighted by Gasteiger charge is 2.43. The predicted octanol–water partition coefficient (Wildman–Crippen LogP) is 3.52. The molecule has 1 aromatic heterocycles. The van der Waals surface area contributed by atoms with Crippen LogP contribution in [-0.4, -0.2) is 53.8 Å². The lowest BCUT2D eigenvalue weighted by Crippen LogP contribution is -2.54. The summed E-state index contributed by atoms with van der Waals surface area (Å²) in [5, 5.41) is 13.6. The summed E-state index contributed by atoms with van der Waals surface area (Å²) in [6.07, 6.45) is 5.13. The van der Waals surface area contributed by atoms with Crippen LogP contribution in [0.1, 0.15) is 37.8 Å². The number of methoxy groups -OCH3 is 2. The first-order valence-electron chi connectivity index (χ1n) is 10.2. The number of benzene rings is 1. The zero-order chi connectivity index (χ0) is 20.4. The number of amides is 1. The van der Waals surface area contributed by atoms with E-state index in [9.17, 15) is 9.90 Å². The second-order valence-corrected chi connectivity index (χ2v) is 8.88. The first kappa shape index (κ1) is 20.2. The second kappa shape index (κ2) is 8.32. The van der Waals surface area contributed by atoms with E-state index < -0.39 is 5.60 Å². The Hall–Kier alpha value is -2.12. The number of aliphatic hydroxyl groups is 1. The smallest absolute Gasteiger partial charge is 0.228 e. The Morgan fingerprint density at radius 1 is 1.28 bits per heavy atom. The fourth-order valence-electron chi connectivity index (χ4n) is 4.55. The molecule has 2 fully saturated rings. The van der Waals surface area contributed by atoms with Gasteiger partial charge in [0.2, 0.25) is 5.91 Å². The third-order valence-corrected chi connectivity index (χ3v) is 7.24. The van der Waals surface area contributed by atoms with Gasteiger partial charge in [0.25, 0.3) is 0 Å². The molecule has 156 valence electrons. The number of piperidine rings is 1. The number of likely N-dealkylation sites (tertiary alicyclic amines) is 1. The van der Waals surface area contributed by atoms with Crippen molar-refractivity contribution < 1.29 is 19.4 Å². The zero-order valence-corrected chi connectivity index (χ0v) is 17.8. The number of rotatable bonds is 5. The number of aromatic nitrogens is 1.